The van der Waals surface area contributed by atoms with Crippen LogP contribution in [0.25, 0.3) is 10.9 Å². The van der Waals surface area contributed by atoms with E-state index in [1.54, 1.807) is 4.31 Å². The molecule has 3 rings (SSSR count). The third kappa shape index (κ3) is 3.10. The van der Waals surface area contributed by atoms with Crippen molar-refractivity contribution in [2.75, 3.05) is 19.3 Å². The van der Waals surface area contributed by atoms with Gasteiger partial charge in [-0.2, -0.15) is 0 Å². The van der Waals surface area contributed by atoms with E-state index in [4.69, 9.17) is 11.6 Å². The highest BCUT2D eigenvalue weighted by atomic mass is 35.5. The predicted octanol–water partition coefficient (Wildman–Crippen LogP) is 2.97. The number of hydrogen-bond acceptors (Lipinski definition) is 2. The van der Waals surface area contributed by atoms with Gasteiger partial charge in [0, 0.05) is 41.8 Å². The first-order chi connectivity index (χ1) is 9.95. The average Bonchev–Trinajstić information content (AvgIpc) is 2.83. The van der Waals surface area contributed by atoms with E-state index in [0.717, 1.165) is 35.3 Å². The fraction of sp³-hybridized carbons (Fsp3) is 0.467. The smallest absolute Gasteiger partial charge is 0.211 e. The summed E-state index contributed by atoms with van der Waals surface area (Å²) >= 11 is 6.20. The molecule has 0 amide bonds. The third-order valence-electron chi connectivity index (χ3n) is 4.17. The molecule has 0 saturated carbocycles. The van der Waals surface area contributed by atoms with Gasteiger partial charge < -0.3 is 4.57 Å². The maximum Gasteiger partial charge on any atom is 0.211 e. The number of piperidine rings is 1. The Morgan fingerprint density at radius 1 is 1.33 bits per heavy atom. The minimum atomic E-state index is -3.08. The highest BCUT2D eigenvalue weighted by Gasteiger charge is 2.26. The highest BCUT2D eigenvalue weighted by Crippen LogP contribution is 2.27. The molecule has 114 valence electrons. The van der Waals surface area contributed by atoms with Crippen LogP contribution in [0.1, 0.15) is 12.8 Å². The molecule has 1 atom stereocenters. The number of halogens is 1. The highest BCUT2D eigenvalue weighted by molar-refractivity contribution is 7.88. The number of sulfonamides is 1. The number of hydrogen-bond donors (Lipinski definition) is 0. The predicted molar refractivity (Wildman–Crippen MR) is 86.1 cm³/mol. The second-order valence-corrected chi connectivity index (χ2v) is 8.16. The zero-order valence-electron chi connectivity index (χ0n) is 12.0. The van der Waals surface area contributed by atoms with Crippen LogP contribution in [0.4, 0.5) is 0 Å². The van der Waals surface area contributed by atoms with Crippen LogP contribution in [0.2, 0.25) is 5.02 Å². The van der Waals surface area contributed by atoms with Gasteiger partial charge in [-0.3, -0.25) is 0 Å². The normalized spacial score (nSPS) is 21.0. The van der Waals surface area contributed by atoms with E-state index in [-0.39, 0.29) is 0 Å². The number of rotatable bonds is 3. The van der Waals surface area contributed by atoms with Crippen LogP contribution in [0.5, 0.6) is 0 Å². The van der Waals surface area contributed by atoms with Crippen LogP contribution in [0.15, 0.2) is 30.5 Å². The zero-order chi connectivity index (χ0) is 15.0. The maximum atomic E-state index is 11.7. The number of benzene rings is 1. The molecule has 21 heavy (non-hydrogen) atoms. The van der Waals surface area contributed by atoms with Gasteiger partial charge in [-0.15, -0.1) is 0 Å². The van der Waals surface area contributed by atoms with Crippen molar-refractivity contribution in [1.82, 2.24) is 8.87 Å². The topological polar surface area (TPSA) is 42.3 Å². The first kappa shape index (κ1) is 14.9. The number of fused-ring (bicyclic) bond motifs is 1. The minimum absolute atomic E-state index is 0.350. The molecule has 0 spiro atoms. The largest absolute Gasteiger partial charge is 0.347 e. The van der Waals surface area contributed by atoms with E-state index >= 15 is 0 Å². The first-order valence-electron chi connectivity index (χ1n) is 7.13. The van der Waals surface area contributed by atoms with Gasteiger partial charge in [0.25, 0.3) is 0 Å². The van der Waals surface area contributed by atoms with Crippen molar-refractivity contribution in [3.63, 3.8) is 0 Å². The van der Waals surface area contributed by atoms with E-state index in [1.165, 1.54) is 6.26 Å². The molecule has 0 N–H and O–H groups in total. The Hall–Kier alpha value is -1.04. The standard InChI is InChI=1S/C15H19ClN2O2S/c1-21(19,20)18-8-3-4-12(11-18)10-17-9-7-13-14(16)5-2-6-15(13)17/h2,5-7,9,12H,3-4,8,10-11H2,1H3. The zero-order valence-corrected chi connectivity index (χ0v) is 13.6. The van der Waals surface area contributed by atoms with Crippen molar-refractivity contribution in [3.8, 4) is 0 Å². The van der Waals surface area contributed by atoms with Crippen LogP contribution in [0, 0.1) is 5.92 Å². The third-order valence-corrected chi connectivity index (χ3v) is 5.77. The summed E-state index contributed by atoms with van der Waals surface area (Å²) in [7, 11) is -3.08. The van der Waals surface area contributed by atoms with Crippen molar-refractivity contribution in [1.29, 1.82) is 0 Å². The summed E-state index contributed by atoms with van der Waals surface area (Å²) in [6, 6.07) is 7.91. The summed E-state index contributed by atoms with van der Waals surface area (Å²) in [5.41, 5.74) is 1.11. The Labute approximate surface area is 130 Å². The van der Waals surface area contributed by atoms with Gasteiger partial charge in [-0.1, -0.05) is 17.7 Å². The van der Waals surface area contributed by atoms with E-state index < -0.39 is 10.0 Å². The van der Waals surface area contributed by atoms with E-state index in [0.29, 0.717) is 19.0 Å². The Morgan fingerprint density at radius 3 is 2.90 bits per heavy atom. The molecule has 1 aromatic carbocycles. The lowest BCUT2D eigenvalue weighted by atomic mass is 9.99. The second-order valence-electron chi connectivity index (χ2n) is 5.77. The van der Waals surface area contributed by atoms with Crippen molar-refractivity contribution < 1.29 is 8.42 Å². The van der Waals surface area contributed by atoms with Gasteiger partial charge in [0.2, 0.25) is 10.0 Å². The summed E-state index contributed by atoms with van der Waals surface area (Å²) in [6.45, 7) is 2.09. The summed E-state index contributed by atoms with van der Waals surface area (Å²) in [5.74, 6) is 0.350. The molecule has 6 heteroatoms. The fourth-order valence-corrected chi connectivity index (χ4v) is 4.28. The molecule has 2 heterocycles. The second kappa shape index (κ2) is 5.63. The van der Waals surface area contributed by atoms with Crippen LogP contribution in [-0.4, -0.2) is 36.6 Å². The average molecular weight is 327 g/mol. The molecule has 1 aliphatic heterocycles. The quantitative estimate of drug-likeness (QED) is 0.870. The van der Waals surface area contributed by atoms with Gasteiger partial charge in [0.05, 0.1) is 6.26 Å². The fourth-order valence-electron chi connectivity index (χ4n) is 3.10. The summed E-state index contributed by atoms with van der Waals surface area (Å²) in [5, 5.41) is 1.81. The Balaban J connectivity index is 1.81. The van der Waals surface area contributed by atoms with Gasteiger partial charge in [-0.25, -0.2) is 12.7 Å². The van der Waals surface area contributed by atoms with Gasteiger partial charge in [-0.05, 0) is 37.0 Å². The van der Waals surface area contributed by atoms with Crippen molar-refractivity contribution in [2.24, 2.45) is 5.92 Å². The molecule has 1 saturated heterocycles. The molecule has 0 bridgehead atoms. The van der Waals surface area contributed by atoms with Crippen molar-refractivity contribution >= 4 is 32.5 Å². The molecule has 4 nitrogen and oxygen atoms in total. The lowest BCUT2D eigenvalue weighted by Crippen LogP contribution is -2.40. The molecule has 1 aromatic heterocycles. The Bertz CT molecular complexity index is 754. The van der Waals surface area contributed by atoms with Gasteiger partial charge >= 0.3 is 0 Å². The van der Waals surface area contributed by atoms with Crippen LogP contribution in [0.3, 0.4) is 0 Å². The van der Waals surface area contributed by atoms with Gasteiger partial charge in [0.1, 0.15) is 0 Å². The first-order valence-corrected chi connectivity index (χ1v) is 9.36. The summed E-state index contributed by atoms with van der Waals surface area (Å²) in [4.78, 5) is 0. The van der Waals surface area contributed by atoms with Gasteiger partial charge in [0.15, 0.2) is 0 Å². The van der Waals surface area contributed by atoms with E-state index in [2.05, 4.69) is 10.6 Å². The lowest BCUT2D eigenvalue weighted by Gasteiger charge is -2.31. The van der Waals surface area contributed by atoms with E-state index in [9.17, 15) is 8.42 Å². The molecular weight excluding hydrogens is 308 g/mol. The molecule has 1 fully saturated rings. The molecular formula is C15H19ClN2O2S. The molecule has 0 radical (unpaired) electrons. The maximum absolute atomic E-state index is 11.7. The summed E-state index contributed by atoms with van der Waals surface area (Å²) in [6.07, 6.45) is 5.32. The van der Waals surface area contributed by atoms with E-state index in [1.807, 2.05) is 24.4 Å². The minimum Gasteiger partial charge on any atom is -0.347 e. The molecule has 0 aliphatic carbocycles. The monoisotopic (exact) mass is 326 g/mol. The van der Waals surface area contributed by atoms with Crippen LogP contribution < -0.4 is 0 Å². The van der Waals surface area contributed by atoms with Crippen LogP contribution in [-0.2, 0) is 16.6 Å². The number of nitrogens with zero attached hydrogens (tertiary/aromatic N) is 2. The van der Waals surface area contributed by atoms with Crippen LogP contribution >= 0.6 is 11.6 Å². The lowest BCUT2D eigenvalue weighted by molar-refractivity contribution is 0.248. The molecule has 1 unspecified atom stereocenters. The Morgan fingerprint density at radius 2 is 2.14 bits per heavy atom. The SMILES string of the molecule is CS(=O)(=O)N1CCCC(Cn2ccc3c(Cl)cccc32)C1. The number of aromatic nitrogens is 1. The van der Waals surface area contributed by atoms with Crippen molar-refractivity contribution in [3.05, 3.63) is 35.5 Å². The Kier molecular flexibility index (Phi) is 3.99. The molecule has 1 aliphatic rings. The van der Waals surface area contributed by atoms with Crippen molar-refractivity contribution in [2.45, 2.75) is 19.4 Å². The summed E-state index contributed by atoms with van der Waals surface area (Å²) < 4.78 is 27.2. The molecule has 2 aromatic rings.